The Morgan fingerprint density at radius 3 is 2.74 bits per heavy atom. The van der Waals surface area contributed by atoms with E-state index in [1.807, 2.05) is 0 Å². The smallest absolute Gasteiger partial charge is 0.410 e. The van der Waals surface area contributed by atoms with Crippen molar-refractivity contribution < 1.29 is 18.7 Å². The van der Waals surface area contributed by atoms with E-state index < -0.39 is 23.4 Å². The lowest BCUT2D eigenvalue weighted by Gasteiger charge is -2.33. The standard InChI is InChI=1S/C17H21ClFNO3/c1-17(2,3)23-16(22)20-8-7-15(21)11(10-20)9-12-13(18)5-4-6-14(12)19/h4-6,11H,7-10H2,1-3H3. The van der Waals surface area contributed by atoms with Crippen LogP contribution in [-0.4, -0.2) is 35.5 Å². The zero-order valence-corrected chi connectivity index (χ0v) is 14.3. The van der Waals surface area contributed by atoms with Gasteiger partial charge in [0.15, 0.2) is 0 Å². The Morgan fingerprint density at radius 1 is 1.43 bits per heavy atom. The number of ketones is 1. The Balaban J connectivity index is 2.09. The third kappa shape index (κ3) is 4.67. The number of benzene rings is 1. The maximum atomic E-state index is 13.9. The van der Waals surface area contributed by atoms with Crippen molar-refractivity contribution in [2.24, 2.45) is 5.92 Å². The van der Waals surface area contributed by atoms with Gasteiger partial charge in [0.2, 0.25) is 0 Å². The number of halogens is 2. The van der Waals surface area contributed by atoms with Crippen molar-refractivity contribution in [1.82, 2.24) is 4.90 Å². The summed E-state index contributed by atoms with van der Waals surface area (Å²) >= 11 is 6.03. The molecule has 0 aromatic heterocycles. The van der Waals surface area contributed by atoms with Crippen LogP contribution in [0.5, 0.6) is 0 Å². The van der Waals surface area contributed by atoms with E-state index in [0.717, 1.165) is 0 Å². The molecule has 1 unspecified atom stereocenters. The minimum absolute atomic E-state index is 0.0177. The number of amides is 1. The fraction of sp³-hybridized carbons (Fsp3) is 0.529. The quantitative estimate of drug-likeness (QED) is 0.821. The lowest BCUT2D eigenvalue weighted by atomic mass is 9.90. The van der Waals surface area contributed by atoms with Gasteiger partial charge in [0.25, 0.3) is 0 Å². The van der Waals surface area contributed by atoms with Crippen molar-refractivity contribution >= 4 is 23.5 Å². The molecule has 126 valence electrons. The summed E-state index contributed by atoms with van der Waals surface area (Å²) in [6, 6.07) is 4.44. The zero-order valence-electron chi connectivity index (χ0n) is 13.6. The van der Waals surface area contributed by atoms with E-state index in [1.54, 1.807) is 26.8 Å². The Hall–Kier alpha value is -1.62. The molecule has 1 aromatic rings. The predicted molar refractivity (Wildman–Crippen MR) is 86.0 cm³/mol. The molecule has 1 aliphatic rings. The Kier molecular flexibility index (Phi) is 5.30. The Labute approximate surface area is 140 Å². The number of rotatable bonds is 2. The van der Waals surface area contributed by atoms with Gasteiger partial charge in [-0.1, -0.05) is 17.7 Å². The van der Waals surface area contributed by atoms with Crippen LogP contribution in [0.3, 0.4) is 0 Å². The van der Waals surface area contributed by atoms with Gasteiger partial charge < -0.3 is 9.64 Å². The first-order valence-corrected chi connectivity index (χ1v) is 7.98. The monoisotopic (exact) mass is 341 g/mol. The van der Waals surface area contributed by atoms with Crippen molar-refractivity contribution in [3.05, 3.63) is 34.6 Å². The van der Waals surface area contributed by atoms with Crippen LogP contribution in [0.4, 0.5) is 9.18 Å². The van der Waals surface area contributed by atoms with Gasteiger partial charge in [-0.25, -0.2) is 9.18 Å². The molecule has 0 saturated carbocycles. The third-order valence-electron chi connectivity index (χ3n) is 3.69. The molecule has 1 aromatic carbocycles. The number of hydrogen-bond donors (Lipinski definition) is 0. The number of Topliss-reactive ketones (excluding diaryl/α,β-unsaturated/α-hetero) is 1. The van der Waals surface area contributed by atoms with Crippen molar-refractivity contribution in [3.63, 3.8) is 0 Å². The summed E-state index contributed by atoms with van der Waals surface area (Å²) in [7, 11) is 0. The molecule has 1 atom stereocenters. The topological polar surface area (TPSA) is 46.6 Å². The van der Waals surface area contributed by atoms with E-state index in [-0.39, 0.29) is 25.2 Å². The summed E-state index contributed by atoms with van der Waals surface area (Å²) in [5.74, 6) is -0.880. The average Bonchev–Trinajstić information content (AvgIpc) is 2.43. The Morgan fingerprint density at radius 2 is 2.13 bits per heavy atom. The van der Waals surface area contributed by atoms with E-state index in [4.69, 9.17) is 16.3 Å². The largest absolute Gasteiger partial charge is 0.444 e. The predicted octanol–water partition coefficient (Wildman–Crippen LogP) is 3.85. The van der Waals surface area contributed by atoms with Gasteiger partial charge in [-0.05, 0) is 39.3 Å². The second-order valence-electron chi connectivity index (χ2n) is 6.74. The van der Waals surface area contributed by atoms with E-state index in [2.05, 4.69) is 0 Å². The number of ether oxygens (including phenoxy) is 1. The van der Waals surface area contributed by atoms with Gasteiger partial charge in [0.1, 0.15) is 17.2 Å². The highest BCUT2D eigenvalue weighted by Crippen LogP contribution is 2.26. The molecule has 1 saturated heterocycles. The van der Waals surface area contributed by atoms with Gasteiger partial charge >= 0.3 is 6.09 Å². The minimum Gasteiger partial charge on any atom is -0.444 e. The molecular weight excluding hydrogens is 321 g/mol. The van der Waals surface area contributed by atoms with Crippen LogP contribution in [0.25, 0.3) is 0 Å². The first-order valence-electron chi connectivity index (χ1n) is 7.61. The molecule has 2 rings (SSSR count). The summed E-state index contributed by atoms with van der Waals surface area (Å²) in [6.07, 6.45) is -0.0192. The number of carbonyl (C=O) groups is 2. The van der Waals surface area contributed by atoms with Crippen LogP contribution in [0.2, 0.25) is 5.02 Å². The highest BCUT2D eigenvalue weighted by atomic mass is 35.5. The van der Waals surface area contributed by atoms with Crippen LogP contribution in [0.1, 0.15) is 32.8 Å². The summed E-state index contributed by atoms with van der Waals surface area (Å²) in [6.45, 7) is 5.91. The van der Waals surface area contributed by atoms with Gasteiger partial charge in [-0.2, -0.15) is 0 Å². The minimum atomic E-state index is -0.594. The molecule has 1 heterocycles. The molecule has 4 nitrogen and oxygen atoms in total. The number of likely N-dealkylation sites (tertiary alicyclic amines) is 1. The number of hydrogen-bond acceptors (Lipinski definition) is 3. The van der Waals surface area contributed by atoms with Crippen LogP contribution < -0.4 is 0 Å². The SMILES string of the molecule is CC(C)(C)OC(=O)N1CCC(=O)C(Cc2c(F)cccc2Cl)C1. The van der Waals surface area contributed by atoms with Crippen LogP contribution in [0.15, 0.2) is 18.2 Å². The fourth-order valence-electron chi connectivity index (χ4n) is 2.55. The molecule has 23 heavy (non-hydrogen) atoms. The molecule has 1 aliphatic heterocycles. The zero-order chi connectivity index (χ0) is 17.2. The van der Waals surface area contributed by atoms with Crippen LogP contribution in [-0.2, 0) is 16.0 Å². The molecule has 0 radical (unpaired) electrons. The van der Waals surface area contributed by atoms with E-state index in [1.165, 1.54) is 17.0 Å². The molecule has 1 amide bonds. The van der Waals surface area contributed by atoms with E-state index in [0.29, 0.717) is 17.1 Å². The summed E-state index contributed by atoms with van der Waals surface area (Å²) in [5.41, 5.74) is -0.276. The van der Waals surface area contributed by atoms with Crippen molar-refractivity contribution in [3.8, 4) is 0 Å². The maximum absolute atomic E-state index is 13.9. The fourth-order valence-corrected chi connectivity index (χ4v) is 2.79. The van der Waals surface area contributed by atoms with Gasteiger partial charge in [-0.3, -0.25) is 4.79 Å². The first kappa shape index (κ1) is 17.7. The maximum Gasteiger partial charge on any atom is 0.410 e. The second kappa shape index (κ2) is 6.87. The van der Waals surface area contributed by atoms with Crippen LogP contribution in [0, 0.1) is 11.7 Å². The van der Waals surface area contributed by atoms with Gasteiger partial charge in [0, 0.05) is 36.0 Å². The lowest BCUT2D eigenvalue weighted by Crippen LogP contribution is -2.46. The molecule has 0 N–H and O–H groups in total. The molecule has 1 fully saturated rings. The number of carbonyl (C=O) groups excluding carboxylic acids is 2. The molecule has 0 aliphatic carbocycles. The lowest BCUT2D eigenvalue weighted by molar-refractivity contribution is -0.125. The van der Waals surface area contributed by atoms with Gasteiger partial charge in [-0.15, -0.1) is 0 Å². The normalized spacial score (nSPS) is 18.9. The van der Waals surface area contributed by atoms with Gasteiger partial charge in [0.05, 0.1) is 0 Å². The van der Waals surface area contributed by atoms with E-state index >= 15 is 0 Å². The average molecular weight is 342 g/mol. The second-order valence-corrected chi connectivity index (χ2v) is 7.15. The molecule has 6 heteroatoms. The highest BCUT2D eigenvalue weighted by Gasteiger charge is 2.33. The van der Waals surface area contributed by atoms with Crippen molar-refractivity contribution in [2.75, 3.05) is 13.1 Å². The third-order valence-corrected chi connectivity index (χ3v) is 4.04. The molecular formula is C17H21ClFNO3. The first-order chi connectivity index (χ1) is 10.7. The molecule has 0 bridgehead atoms. The Bertz CT molecular complexity index is 592. The number of nitrogens with zero attached hydrogens (tertiary/aromatic N) is 1. The highest BCUT2D eigenvalue weighted by molar-refractivity contribution is 6.31. The van der Waals surface area contributed by atoms with Crippen molar-refractivity contribution in [2.45, 2.75) is 39.2 Å². The summed E-state index contributed by atoms with van der Waals surface area (Å²) in [4.78, 5) is 25.8. The van der Waals surface area contributed by atoms with Crippen LogP contribution >= 0.6 is 11.6 Å². The summed E-state index contributed by atoms with van der Waals surface area (Å²) < 4.78 is 19.2. The van der Waals surface area contributed by atoms with E-state index in [9.17, 15) is 14.0 Å². The summed E-state index contributed by atoms with van der Waals surface area (Å²) in [5, 5.41) is 0.298. The van der Waals surface area contributed by atoms with Crippen molar-refractivity contribution in [1.29, 1.82) is 0 Å². The molecule has 0 spiro atoms. The number of piperidine rings is 1.